The van der Waals surface area contributed by atoms with E-state index in [0.717, 1.165) is 69.1 Å². The summed E-state index contributed by atoms with van der Waals surface area (Å²) in [7, 11) is 2.99. The summed E-state index contributed by atoms with van der Waals surface area (Å²) in [5.74, 6) is 1.67. The molecule has 0 N–H and O–H groups in total. The summed E-state index contributed by atoms with van der Waals surface area (Å²) in [6.45, 7) is 11.4. The highest BCUT2D eigenvalue weighted by Crippen LogP contribution is 2.31. The fourth-order valence-electron chi connectivity index (χ4n) is 7.92. The third kappa shape index (κ3) is 26.2. The van der Waals surface area contributed by atoms with Gasteiger partial charge >= 0.3 is 29.8 Å². The molecule has 0 heterocycles. The quantitative estimate of drug-likeness (QED) is 0.00863. The molecular weight excluding hydrogens is 1150 g/mol. The molecule has 0 spiro atoms. The number of hydrogen-bond acceptors (Lipinski definition) is 21. The molecule has 89 heavy (non-hydrogen) atoms. The van der Waals surface area contributed by atoms with E-state index in [1.807, 2.05) is 24.3 Å². The van der Waals surface area contributed by atoms with Gasteiger partial charge in [-0.2, -0.15) is 4.89 Å². The van der Waals surface area contributed by atoms with Crippen molar-refractivity contribution in [3.63, 3.8) is 0 Å². The van der Waals surface area contributed by atoms with Gasteiger partial charge in [0.05, 0.1) is 97.0 Å². The van der Waals surface area contributed by atoms with E-state index < -0.39 is 29.8 Å². The molecule has 0 aliphatic heterocycles. The smallest absolute Gasteiger partial charge is 0.343 e. The lowest BCUT2D eigenvalue weighted by atomic mass is 10.2. The summed E-state index contributed by atoms with van der Waals surface area (Å²) in [4.78, 5) is 71.8. The molecule has 6 rings (SSSR count). The van der Waals surface area contributed by atoms with Crippen LogP contribution in [0.5, 0.6) is 57.5 Å². The molecule has 0 amide bonds. The highest BCUT2D eigenvalue weighted by atomic mass is 17.2. The number of methoxy groups -OCH3 is 2. The summed E-state index contributed by atoms with van der Waals surface area (Å²) in [6, 6.07) is 36.1. The molecule has 0 aromatic heterocycles. The van der Waals surface area contributed by atoms with Crippen molar-refractivity contribution in [2.45, 2.75) is 58.0 Å². The van der Waals surface area contributed by atoms with Gasteiger partial charge in [0, 0.05) is 12.2 Å². The molecule has 0 bridgehead atoms. The average Bonchev–Trinajstić information content (AvgIpc) is 3.64. The van der Waals surface area contributed by atoms with E-state index in [0.29, 0.717) is 136 Å². The van der Waals surface area contributed by atoms with Crippen LogP contribution in [0, 0.1) is 0 Å². The predicted molar refractivity (Wildman–Crippen MR) is 326 cm³/mol. The van der Waals surface area contributed by atoms with Crippen molar-refractivity contribution in [1.82, 2.24) is 0 Å². The Labute approximate surface area is 518 Å². The zero-order valence-electron chi connectivity index (χ0n) is 50.2. The number of carbonyl (C=O) groups is 5. The lowest BCUT2D eigenvalue weighted by molar-refractivity contribution is -0.217. The van der Waals surface area contributed by atoms with Crippen molar-refractivity contribution in [3.05, 3.63) is 181 Å². The molecule has 0 fully saturated rings. The van der Waals surface area contributed by atoms with Crippen molar-refractivity contribution in [3.8, 4) is 57.5 Å². The van der Waals surface area contributed by atoms with Crippen LogP contribution in [-0.4, -0.2) is 123 Å². The molecule has 21 heteroatoms. The predicted octanol–water partition coefficient (Wildman–Crippen LogP) is 11.7. The third-order valence-electron chi connectivity index (χ3n) is 12.6. The summed E-state index contributed by atoms with van der Waals surface area (Å²) in [5, 5.41) is 0. The number of unbranched alkanes of at least 4 members (excludes halogenated alkanes) is 6. The van der Waals surface area contributed by atoms with Crippen LogP contribution in [0.15, 0.2) is 159 Å². The second-order valence-corrected chi connectivity index (χ2v) is 19.2. The Morgan fingerprint density at radius 3 is 1.10 bits per heavy atom. The van der Waals surface area contributed by atoms with E-state index in [1.54, 1.807) is 84.9 Å². The first-order chi connectivity index (χ1) is 43.5. The largest absolute Gasteiger partial charge is 0.493 e. The Balaban J connectivity index is 0.736. The Morgan fingerprint density at radius 1 is 0.348 bits per heavy atom. The molecule has 0 atom stereocenters. The van der Waals surface area contributed by atoms with E-state index in [4.69, 9.17) is 76.1 Å². The lowest BCUT2D eigenvalue weighted by Gasteiger charge is -2.12. The third-order valence-corrected chi connectivity index (χ3v) is 12.6. The fraction of sp³-hybridized carbons (Fsp3) is 0.338. The van der Waals surface area contributed by atoms with E-state index >= 15 is 0 Å². The molecule has 0 saturated heterocycles. The van der Waals surface area contributed by atoms with Crippen LogP contribution in [0.1, 0.15) is 88.0 Å². The molecule has 0 unspecified atom stereocenters. The highest BCUT2D eigenvalue weighted by molar-refractivity contribution is 5.93. The first-order valence-electron chi connectivity index (χ1n) is 29.1. The SMILES string of the molecule is C=CC(=O)OCCCCCCOc1ccc(C(=O)Oc2ccc(OOCc3ccc(OCCOCCOCCOCCOc4ccc(C(=O)Oc5ccc(OC(=O)c6ccc(OCCCCCCOC(=O)C=C)c(OC)c6)cc5)cc4)cc3)cc2)cc1OC. The summed E-state index contributed by atoms with van der Waals surface area (Å²) in [6.07, 6.45) is 8.96. The number of benzene rings is 6. The van der Waals surface area contributed by atoms with Crippen molar-refractivity contribution in [2.24, 2.45) is 0 Å². The van der Waals surface area contributed by atoms with Gasteiger partial charge in [0.15, 0.2) is 28.7 Å². The molecule has 0 aliphatic carbocycles. The highest BCUT2D eigenvalue weighted by Gasteiger charge is 2.17. The summed E-state index contributed by atoms with van der Waals surface area (Å²) >= 11 is 0. The maximum absolute atomic E-state index is 12.9. The van der Waals surface area contributed by atoms with Crippen molar-refractivity contribution in [1.29, 1.82) is 0 Å². The van der Waals surface area contributed by atoms with Crippen LogP contribution in [0.2, 0.25) is 0 Å². The van der Waals surface area contributed by atoms with Crippen molar-refractivity contribution in [2.75, 3.05) is 93.5 Å². The van der Waals surface area contributed by atoms with Gasteiger partial charge in [-0.15, -0.1) is 0 Å². The van der Waals surface area contributed by atoms with Gasteiger partial charge in [-0.25, -0.2) is 24.0 Å². The van der Waals surface area contributed by atoms with Gasteiger partial charge < -0.3 is 71.2 Å². The molecule has 474 valence electrons. The Hall–Kier alpha value is -9.41. The minimum Gasteiger partial charge on any atom is -0.493 e. The van der Waals surface area contributed by atoms with E-state index in [9.17, 15) is 24.0 Å². The van der Waals surface area contributed by atoms with Crippen LogP contribution in [0.25, 0.3) is 0 Å². The van der Waals surface area contributed by atoms with Crippen molar-refractivity contribution >= 4 is 29.8 Å². The maximum atomic E-state index is 12.9. The fourth-order valence-corrected chi connectivity index (χ4v) is 7.92. The maximum Gasteiger partial charge on any atom is 0.343 e. The normalized spacial score (nSPS) is 10.7. The average molecular weight is 1230 g/mol. The van der Waals surface area contributed by atoms with E-state index in [1.165, 1.54) is 38.5 Å². The van der Waals surface area contributed by atoms with Crippen LogP contribution < -0.4 is 47.5 Å². The summed E-state index contributed by atoms with van der Waals surface area (Å²) < 4.78 is 77.5. The molecule has 0 radical (unpaired) electrons. The number of ether oxygens (including phenoxy) is 14. The molecule has 6 aromatic carbocycles. The number of esters is 5. The van der Waals surface area contributed by atoms with E-state index in [2.05, 4.69) is 13.2 Å². The van der Waals surface area contributed by atoms with Gasteiger partial charge in [0.25, 0.3) is 0 Å². The number of hydrogen-bond donors (Lipinski definition) is 0. The number of carbonyl (C=O) groups excluding carboxylic acids is 5. The minimum absolute atomic E-state index is 0.177. The Morgan fingerprint density at radius 2 is 0.697 bits per heavy atom. The topological polar surface area (TPSA) is 233 Å². The van der Waals surface area contributed by atoms with Gasteiger partial charge in [0.1, 0.15) is 48.6 Å². The minimum atomic E-state index is -0.609. The second kappa shape index (κ2) is 40.1. The van der Waals surface area contributed by atoms with Crippen LogP contribution >= 0.6 is 0 Å². The molecule has 6 aromatic rings. The van der Waals surface area contributed by atoms with Gasteiger partial charge in [-0.1, -0.05) is 25.3 Å². The molecule has 21 nitrogen and oxygen atoms in total. The number of rotatable bonds is 44. The monoisotopic (exact) mass is 1230 g/mol. The standard InChI is InChI=1S/C68H76O21/c1-5-64(69)83-37-13-9-7-11-35-81-60-33-19-52(47-62(60)74-3)67(72)87-57-27-25-56(26-28-57)86-66(71)51-17-23-55(24-18-51)80-46-44-78-42-40-76-39-41-77-43-45-79-54-21-15-50(16-22-54)49-85-89-59-31-29-58(30-32-59)88-68(73)53-20-34-61(63(48-53)75-4)82-36-12-8-10-14-38-84-65(70)6-2/h5-6,15-34,47-48H,1-2,7-14,35-46,49H2,3-4H3. The van der Waals surface area contributed by atoms with Crippen LogP contribution in [-0.2, 0) is 44.8 Å². The van der Waals surface area contributed by atoms with Crippen molar-refractivity contribution < 1.29 is 100 Å². The first-order valence-corrected chi connectivity index (χ1v) is 29.1. The molecular formula is C68H76O21. The summed E-state index contributed by atoms with van der Waals surface area (Å²) in [5.41, 5.74) is 1.72. The molecule has 0 saturated carbocycles. The van der Waals surface area contributed by atoms with Gasteiger partial charge in [-0.3, -0.25) is 0 Å². The zero-order chi connectivity index (χ0) is 63.1. The molecule has 0 aliphatic rings. The second-order valence-electron chi connectivity index (χ2n) is 19.2. The Kier molecular flexibility index (Phi) is 31.0. The van der Waals surface area contributed by atoms with Crippen LogP contribution in [0.3, 0.4) is 0 Å². The van der Waals surface area contributed by atoms with E-state index in [-0.39, 0.29) is 23.7 Å². The van der Waals surface area contributed by atoms with Crippen LogP contribution in [0.4, 0.5) is 0 Å². The lowest BCUT2D eigenvalue weighted by Crippen LogP contribution is -2.14. The zero-order valence-corrected chi connectivity index (χ0v) is 50.2. The van der Waals surface area contributed by atoms with Gasteiger partial charge in [0.2, 0.25) is 0 Å². The Bertz CT molecular complexity index is 3110. The van der Waals surface area contributed by atoms with Gasteiger partial charge in [-0.05, 0) is 178 Å². The first kappa shape index (κ1) is 68.7.